The second-order valence-electron chi connectivity index (χ2n) is 16.5. The highest BCUT2D eigenvalue weighted by Gasteiger charge is 2.46. The van der Waals surface area contributed by atoms with E-state index in [1.54, 1.807) is 24.3 Å². The predicted molar refractivity (Wildman–Crippen MR) is 194 cm³/mol. The van der Waals surface area contributed by atoms with E-state index in [-0.39, 0.29) is 48.0 Å². The lowest BCUT2D eigenvalue weighted by Crippen LogP contribution is -2.32. The third-order valence-corrected chi connectivity index (χ3v) is 13.4. The zero-order chi connectivity index (χ0) is 35.2. The van der Waals surface area contributed by atoms with Crippen molar-refractivity contribution in [3.05, 3.63) is 54.6 Å². The highest BCUT2D eigenvalue weighted by Crippen LogP contribution is 2.46. The minimum atomic E-state index is -3.43. The highest BCUT2D eigenvalue weighted by molar-refractivity contribution is 7.91. The molecule has 0 radical (unpaired) electrons. The Morgan fingerprint density at radius 1 is 1.02 bits per heavy atom. The molecule has 2 aliphatic heterocycles. The number of hydrogen-bond donors (Lipinski definition) is 0. The Hall–Kier alpha value is -1.96. The molecule has 0 amide bonds. The van der Waals surface area contributed by atoms with Crippen molar-refractivity contribution in [2.24, 2.45) is 40.9 Å². The Balaban J connectivity index is 1.35. The van der Waals surface area contributed by atoms with Crippen LogP contribution in [0.15, 0.2) is 59.5 Å². The number of benzene rings is 1. The van der Waals surface area contributed by atoms with Crippen molar-refractivity contribution in [1.82, 2.24) is 0 Å². The van der Waals surface area contributed by atoms with Crippen LogP contribution in [-0.2, 0) is 28.8 Å². The fraction of sp³-hybridized carbons (Fsp3) is 0.732. The quantitative estimate of drug-likeness (QED) is 0.104. The van der Waals surface area contributed by atoms with Crippen LogP contribution >= 0.6 is 0 Å². The second-order valence-corrected chi connectivity index (χ2v) is 18.6. The lowest BCUT2D eigenvalue weighted by Gasteiger charge is -2.38. The van der Waals surface area contributed by atoms with Gasteiger partial charge in [0.25, 0.3) is 0 Å². The average Bonchev–Trinajstić information content (AvgIpc) is 3.53. The first-order chi connectivity index (χ1) is 22.6. The predicted octanol–water partition coefficient (Wildman–Crippen LogP) is 9.39. The first-order valence-electron chi connectivity index (χ1n) is 18.7. The van der Waals surface area contributed by atoms with Gasteiger partial charge >= 0.3 is 5.97 Å². The van der Waals surface area contributed by atoms with Gasteiger partial charge < -0.3 is 14.2 Å². The van der Waals surface area contributed by atoms with E-state index in [0.717, 1.165) is 64.2 Å². The number of carbonyl (C=O) groups is 1. The zero-order valence-electron chi connectivity index (χ0n) is 30.9. The van der Waals surface area contributed by atoms with Crippen LogP contribution in [0.5, 0.6) is 0 Å². The SMILES string of the molecule is C=C1C[C@H](CCCOC(=O)C(C)(C)C)OC1CCC1C[C@H](C[C@@H]2O[C@H](C[C@H](C)CC)[C@H](C)[C@H]2CS(=O)(=O)c2ccccc2)C(=C)[C@H](C)C1. The number of esters is 1. The molecule has 0 N–H and O–H groups in total. The fourth-order valence-electron chi connectivity index (χ4n) is 8.15. The summed E-state index contributed by atoms with van der Waals surface area (Å²) in [4.78, 5) is 12.5. The van der Waals surface area contributed by atoms with E-state index in [1.807, 2.05) is 26.8 Å². The Morgan fingerprint density at radius 3 is 2.40 bits per heavy atom. The van der Waals surface area contributed by atoms with Crippen molar-refractivity contribution in [3.8, 4) is 0 Å². The van der Waals surface area contributed by atoms with Gasteiger partial charge in [0.1, 0.15) is 0 Å². The van der Waals surface area contributed by atoms with E-state index in [1.165, 1.54) is 11.1 Å². The van der Waals surface area contributed by atoms with Gasteiger partial charge in [0.05, 0.1) is 47.1 Å². The third-order valence-electron chi connectivity index (χ3n) is 11.6. The fourth-order valence-corrected chi connectivity index (χ4v) is 9.94. The Bertz CT molecular complexity index is 1330. The van der Waals surface area contributed by atoms with Crippen molar-refractivity contribution in [2.75, 3.05) is 12.4 Å². The number of rotatable bonds is 15. The number of ether oxygens (including phenoxy) is 3. The normalized spacial score (nSPS) is 32.0. The van der Waals surface area contributed by atoms with Crippen molar-refractivity contribution in [3.63, 3.8) is 0 Å². The average molecular weight is 685 g/mol. The van der Waals surface area contributed by atoms with Gasteiger partial charge in [-0.05, 0) is 126 Å². The number of sulfone groups is 1. The summed E-state index contributed by atoms with van der Waals surface area (Å²) < 4.78 is 45.9. The summed E-state index contributed by atoms with van der Waals surface area (Å²) in [5, 5.41) is 0. The van der Waals surface area contributed by atoms with Crippen molar-refractivity contribution in [2.45, 2.75) is 142 Å². The maximum absolute atomic E-state index is 13.6. The van der Waals surface area contributed by atoms with Gasteiger partial charge in [0, 0.05) is 5.92 Å². The molecule has 3 fully saturated rings. The second kappa shape index (κ2) is 16.8. The molecule has 1 aromatic rings. The molecule has 6 nitrogen and oxygen atoms in total. The van der Waals surface area contributed by atoms with Crippen molar-refractivity contribution < 1.29 is 27.4 Å². The summed E-state index contributed by atoms with van der Waals surface area (Å²) in [5.41, 5.74) is 2.00. The molecule has 7 heteroatoms. The lowest BCUT2D eigenvalue weighted by atomic mass is 9.69. The van der Waals surface area contributed by atoms with E-state index < -0.39 is 15.3 Å². The van der Waals surface area contributed by atoms with Gasteiger partial charge in [-0.3, -0.25) is 4.79 Å². The van der Waals surface area contributed by atoms with Crippen LogP contribution in [0.2, 0.25) is 0 Å². The van der Waals surface area contributed by atoms with Gasteiger partial charge in [-0.2, -0.15) is 0 Å². The summed E-state index contributed by atoms with van der Waals surface area (Å²) in [6, 6.07) is 8.90. The molecule has 270 valence electrons. The molecule has 1 aromatic carbocycles. The monoisotopic (exact) mass is 684 g/mol. The van der Waals surface area contributed by atoms with Gasteiger partial charge in [-0.25, -0.2) is 8.42 Å². The molecule has 0 aromatic heterocycles. The molecular formula is C41H64O6S. The molecule has 48 heavy (non-hydrogen) atoms. The van der Waals surface area contributed by atoms with E-state index in [0.29, 0.717) is 35.2 Å². The molecule has 1 saturated carbocycles. The summed E-state index contributed by atoms with van der Waals surface area (Å²) >= 11 is 0. The molecule has 4 rings (SSSR count). The van der Waals surface area contributed by atoms with Gasteiger partial charge in [0.15, 0.2) is 9.84 Å². The van der Waals surface area contributed by atoms with Crippen LogP contribution in [0, 0.1) is 40.9 Å². The first kappa shape index (κ1) is 38.8. The molecule has 3 aliphatic rings. The molecule has 0 bridgehead atoms. The molecule has 2 unspecified atom stereocenters. The molecule has 1 aliphatic carbocycles. The Morgan fingerprint density at radius 2 is 1.73 bits per heavy atom. The lowest BCUT2D eigenvalue weighted by molar-refractivity contribution is -0.153. The number of hydrogen-bond acceptors (Lipinski definition) is 6. The third kappa shape index (κ3) is 10.3. The zero-order valence-corrected chi connectivity index (χ0v) is 31.7. The molecule has 2 saturated heterocycles. The molecule has 0 spiro atoms. The van der Waals surface area contributed by atoms with E-state index in [2.05, 4.69) is 40.9 Å². The molecular weight excluding hydrogens is 621 g/mol. The van der Waals surface area contributed by atoms with E-state index >= 15 is 0 Å². The highest BCUT2D eigenvalue weighted by atomic mass is 32.2. The Kier molecular flexibility index (Phi) is 13.6. The van der Waals surface area contributed by atoms with E-state index in [9.17, 15) is 13.2 Å². The van der Waals surface area contributed by atoms with E-state index in [4.69, 9.17) is 14.2 Å². The maximum Gasteiger partial charge on any atom is 0.311 e. The minimum Gasteiger partial charge on any atom is -0.465 e. The largest absolute Gasteiger partial charge is 0.465 e. The summed E-state index contributed by atoms with van der Waals surface area (Å²) in [6.07, 6.45) is 9.88. The summed E-state index contributed by atoms with van der Waals surface area (Å²) in [7, 11) is -3.43. The standard InChI is InChI=1S/C41H64O6S/c1-10-27(2)21-38-31(6)36(26-48(43,44)35-16-12-11-13-17-35)39(47-38)25-33-24-32(22-28(3)30(33)5)18-19-37-29(4)23-34(46-37)15-14-20-45-40(42)41(7,8)9/h11-13,16-17,27-28,31-34,36-39H,4-5,10,14-15,18-26H2,1-3,6-9H3/t27-,28-,31-,32?,33-,34+,36-,37?,38-,39+/m1/s1. The van der Waals surface area contributed by atoms with Crippen molar-refractivity contribution in [1.29, 1.82) is 0 Å². The summed E-state index contributed by atoms with van der Waals surface area (Å²) in [6.45, 7) is 24.0. The van der Waals surface area contributed by atoms with Crippen LogP contribution in [0.1, 0.15) is 113 Å². The van der Waals surface area contributed by atoms with Crippen LogP contribution < -0.4 is 0 Å². The Labute approximate surface area is 292 Å². The molecule has 10 atom stereocenters. The van der Waals surface area contributed by atoms with Crippen LogP contribution in [0.3, 0.4) is 0 Å². The summed E-state index contributed by atoms with van der Waals surface area (Å²) in [5.74, 6) is 1.93. The topological polar surface area (TPSA) is 78.9 Å². The van der Waals surface area contributed by atoms with Crippen LogP contribution in [0.4, 0.5) is 0 Å². The minimum absolute atomic E-state index is 0.0446. The smallest absolute Gasteiger partial charge is 0.311 e. The first-order valence-corrected chi connectivity index (χ1v) is 20.4. The van der Waals surface area contributed by atoms with Crippen LogP contribution in [-0.4, -0.2) is 51.2 Å². The van der Waals surface area contributed by atoms with Gasteiger partial charge in [0.2, 0.25) is 0 Å². The van der Waals surface area contributed by atoms with Crippen molar-refractivity contribution >= 4 is 15.8 Å². The van der Waals surface area contributed by atoms with Gasteiger partial charge in [-0.1, -0.05) is 71.0 Å². The maximum atomic E-state index is 13.6. The number of carbonyl (C=O) groups excluding carboxylic acids is 1. The van der Waals surface area contributed by atoms with Gasteiger partial charge in [-0.15, -0.1) is 0 Å². The number of allylic oxidation sites excluding steroid dienone is 1. The van der Waals surface area contributed by atoms with Crippen LogP contribution in [0.25, 0.3) is 0 Å². The molecule has 2 heterocycles.